The lowest BCUT2D eigenvalue weighted by molar-refractivity contribution is 0.690. The largest absolute Gasteiger partial charge is 0.144 e. The molecule has 0 N–H and O–H groups in total. The average molecular weight is 308 g/mol. The van der Waals surface area contributed by atoms with E-state index in [4.69, 9.17) is 0 Å². The number of rotatable bonds is 5. The number of unbranched alkanes of at least 4 members (excludes halogenated alkanes) is 1. The third-order valence-corrected chi connectivity index (χ3v) is 5.43. The average Bonchev–Trinajstić information content (AvgIpc) is 2.89. The minimum atomic E-state index is 0.659. The van der Waals surface area contributed by atoms with Gasteiger partial charge in [-0.15, -0.1) is 11.3 Å². The fourth-order valence-corrected chi connectivity index (χ4v) is 3.89. The minimum absolute atomic E-state index is 0.659. The van der Waals surface area contributed by atoms with Crippen LogP contribution in [0.4, 0.5) is 0 Å². The second-order valence-electron chi connectivity index (χ2n) is 6.38. The molecule has 1 atom stereocenters. The Morgan fingerprint density at radius 3 is 2.82 bits per heavy atom. The molecule has 1 aliphatic rings. The highest BCUT2D eigenvalue weighted by atomic mass is 32.1. The van der Waals surface area contributed by atoms with Crippen molar-refractivity contribution in [3.05, 3.63) is 63.4 Å². The maximum Gasteiger partial charge on any atom is 0.0279 e. The zero-order valence-electron chi connectivity index (χ0n) is 13.8. The van der Waals surface area contributed by atoms with Gasteiger partial charge in [0, 0.05) is 10.8 Å². The van der Waals surface area contributed by atoms with Crippen LogP contribution >= 0.6 is 11.3 Å². The lowest BCUT2D eigenvalue weighted by Gasteiger charge is -2.04. The van der Waals surface area contributed by atoms with Crippen molar-refractivity contribution in [2.45, 2.75) is 40.0 Å². The van der Waals surface area contributed by atoms with Crippen molar-refractivity contribution in [3.63, 3.8) is 0 Å². The van der Waals surface area contributed by atoms with Gasteiger partial charge in [-0.2, -0.15) is 0 Å². The molecule has 0 radical (unpaired) electrons. The zero-order valence-corrected chi connectivity index (χ0v) is 14.6. The number of hydrogen-bond acceptors (Lipinski definition) is 1. The van der Waals surface area contributed by atoms with Crippen molar-refractivity contribution in [2.24, 2.45) is 5.92 Å². The fraction of sp³-hybridized carbons (Fsp3) is 0.333. The second-order valence-corrected chi connectivity index (χ2v) is 7.32. The van der Waals surface area contributed by atoms with Crippen LogP contribution in [0.25, 0.3) is 17.2 Å². The van der Waals surface area contributed by atoms with Crippen LogP contribution in [0.1, 0.15) is 42.2 Å². The van der Waals surface area contributed by atoms with E-state index in [0.29, 0.717) is 5.92 Å². The Kier molecular flexibility index (Phi) is 4.35. The first-order valence-corrected chi connectivity index (χ1v) is 9.05. The van der Waals surface area contributed by atoms with Gasteiger partial charge in [-0.1, -0.05) is 50.1 Å². The number of hydrogen-bond donors (Lipinski definition) is 0. The van der Waals surface area contributed by atoms with Crippen molar-refractivity contribution >= 4 is 17.4 Å². The second kappa shape index (κ2) is 6.26. The lowest BCUT2D eigenvalue weighted by Crippen LogP contribution is -1.82. The Labute approximate surface area is 138 Å². The molecule has 0 aliphatic heterocycles. The molecule has 2 aromatic rings. The van der Waals surface area contributed by atoms with Gasteiger partial charge in [-0.05, 0) is 65.6 Å². The van der Waals surface area contributed by atoms with E-state index in [9.17, 15) is 0 Å². The van der Waals surface area contributed by atoms with Gasteiger partial charge >= 0.3 is 0 Å². The molecule has 1 saturated carbocycles. The maximum atomic E-state index is 4.21. The van der Waals surface area contributed by atoms with E-state index in [1.165, 1.54) is 57.5 Å². The zero-order chi connectivity index (χ0) is 15.7. The summed E-state index contributed by atoms with van der Waals surface area (Å²) in [5.74, 6) is 0.659. The molecule has 0 amide bonds. The number of thiophene rings is 1. The first kappa shape index (κ1) is 15.3. The predicted octanol–water partition coefficient (Wildman–Crippen LogP) is 6.79. The fourth-order valence-electron chi connectivity index (χ4n) is 3.04. The Morgan fingerprint density at radius 2 is 2.05 bits per heavy atom. The summed E-state index contributed by atoms with van der Waals surface area (Å²) >= 11 is 1.84. The van der Waals surface area contributed by atoms with Gasteiger partial charge in [0.1, 0.15) is 0 Å². The molecular formula is C21H24S. The third-order valence-electron chi connectivity index (χ3n) is 4.55. The monoisotopic (exact) mass is 308 g/mol. The van der Waals surface area contributed by atoms with Crippen molar-refractivity contribution in [1.29, 1.82) is 0 Å². The normalized spacial score (nSPS) is 19.0. The molecule has 1 heterocycles. The Bertz CT molecular complexity index is 730. The van der Waals surface area contributed by atoms with Gasteiger partial charge in [0.25, 0.3) is 0 Å². The Balaban J connectivity index is 1.80. The molecule has 0 bridgehead atoms. The molecule has 114 valence electrons. The third kappa shape index (κ3) is 3.10. The van der Waals surface area contributed by atoms with E-state index >= 15 is 0 Å². The smallest absolute Gasteiger partial charge is 0.0279 e. The number of benzene rings is 1. The highest BCUT2D eigenvalue weighted by Crippen LogP contribution is 2.48. The molecule has 0 nitrogen and oxygen atoms in total. The van der Waals surface area contributed by atoms with Crippen molar-refractivity contribution in [3.8, 4) is 11.1 Å². The van der Waals surface area contributed by atoms with Crippen LogP contribution in [-0.4, -0.2) is 0 Å². The summed E-state index contributed by atoms with van der Waals surface area (Å²) in [5.41, 5.74) is 8.20. The van der Waals surface area contributed by atoms with E-state index in [1.807, 2.05) is 11.3 Å². The summed E-state index contributed by atoms with van der Waals surface area (Å²) in [6, 6.07) is 9.00. The van der Waals surface area contributed by atoms with E-state index in [0.717, 1.165) is 0 Å². The summed E-state index contributed by atoms with van der Waals surface area (Å²) < 4.78 is 0. The Hall–Kier alpha value is -1.60. The topological polar surface area (TPSA) is 0 Å². The molecule has 1 unspecified atom stereocenters. The summed E-state index contributed by atoms with van der Waals surface area (Å²) in [6.45, 7) is 10.8. The molecule has 1 aromatic heterocycles. The lowest BCUT2D eigenvalue weighted by atomic mass is 10.0. The molecule has 1 aromatic carbocycles. The molecule has 0 saturated heterocycles. The highest BCUT2D eigenvalue weighted by molar-refractivity contribution is 7.11. The van der Waals surface area contributed by atoms with Crippen molar-refractivity contribution in [1.82, 2.24) is 0 Å². The number of aryl methyl sites for hydroxylation is 2. The van der Waals surface area contributed by atoms with Crippen LogP contribution in [0.2, 0.25) is 0 Å². The molecule has 1 aliphatic carbocycles. The van der Waals surface area contributed by atoms with Gasteiger partial charge in [0.05, 0.1) is 0 Å². The molecule has 1 heteroatoms. The molecule has 3 rings (SSSR count). The van der Waals surface area contributed by atoms with Gasteiger partial charge in [-0.25, -0.2) is 0 Å². The molecular weight excluding hydrogens is 284 g/mol. The van der Waals surface area contributed by atoms with E-state index in [-0.39, 0.29) is 0 Å². The molecule has 22 heavy (non-hydrogen) atoms. The molecule has 1 fully saturated rings. The Morgan fingerprint density at radius 1 is 1.23 bits per heavy atom. The van der Waals surface area contributed by atoms with E-state index in [2.05, 4.69) is 63.1 Å². The van der Waals surface area contributed by atoms with Crippen LogP contribution in [0.15, 0.2) is 47.4 Å². The maximum absolute atomic E-state index is 4.21. The van der Waals surface area contributed by atoms with Crippen molar-refractivity contribution in [2.75, 3.05) is 0 Å². The van der Waals surface area contributed by atoms with Crippen molar-refractivity contribution < 1.29 is 0 Å². The summed E-state index contributed by atoms with van der Waals surface area (Å²) in [4.78, 5) is 1.35. The quantitative estimate of drug-likeness (QED) is 0.570. The SMILES string of the molecule is C=C1/C(=C/c2cc(-c3cc(C)ccc3C)cs2)C1CCCC. The van der Waals surface area contributed by atoms with E-state index in [1.54, 1.807) is 0 Å². The van der Waals surface area contributed by atoms with Crippen LogP contribution < -0.4 is 0 Å². The standard InChI is InChI=1S/C21H24S/c1-5-6-7-19-16(4)21(19)12-18-11-17(13-22-18)20-10-14(2)8-9-15(20)3/h8-13,19H,4-7H2,1-3H3/b21-12-. The van der Waals surface area contributed by atoms with Crippen LogP contribution in [0.5, 0.6) is 0 Å². The highest BCUT2D eigenvalue weighted by Gasteiger charge is 2.34. The minimum Gasteiger partial charge on any atom is -0.144 e. The van der Waals surface area contributed by atoms with Gasteiger partial charge in [0.15, 0.2) is 0 Å². The van der Waals surface area contributed by atoms with Crippen LogP contribution in [0.3, 0.4) is 0 Å². The predicted molar refractivity (Wildman–Crippen MR) is 99.4 cm³/mol. The molecule has 0 spiro atoms. The first-order chi connectivity index (χ1) is 10.6. The summed E-state index contributed by atoms with van der Waals surface area (Å²) in [5, 5.41) is 2.28. The first-order valence-electron chi connectivity index (χ1n) is 8.17. The summed E-state index contributed by atoms with van der Waals surface area (Å²) in [6.07, 6.45) is 6.20. The summed E-state index contributed by atoms with van der Waals surface area (Å²) in [7, 11) is 0. The van der Waals surface area contributed by atoms with Gasteiger partial charge in [-0.3, -0.25) is 0 Å². The van der Waals surface area contributed by atoms with Gasteiger partial charge < -0.3 is 0 Å². The van der Waals surface area contributed by atoms with Crippen LogP contribution in [0, 0.1) is 19.8 Å². The van der Waals surface area contributed by atoms with Gasteiger partial charge in [0.2, 0.25) is 0 Å². The van der Waals surface area contributed by atoms with E-state index < -0.39 is 0 Å². The van der Waals surface area contributed by atoms with Crippen LogP contribution in [-0.2, 0) is 0 Å². The number of allylic oxidation sites excluding steroid dienone is 2.